The summed E-state index contributed by atoms with van der Waals surface area (Å²) in [6, 6.07) is 0. The Morgan fingerprint density at radius 3 is 2.81 bits per heavy atom. The van der Waals surface area contributed by atoms with Crippen LogP contribution in [0.4, 0.5) is 11.5 Å². The van der Waals surface area contributed by atoms with Crippen LogP contribution < -0.4 is 9.80 Å². The molecule has 1 aromatic heterocycles. The zero-order valence-corrected chi connectivity index (χ0v) is 13.1. The van der Waals surface area contributed by atoms with E-state index < -0.39 is 5.54 Å². The normalized spacial score (nSPS) is 20.8. The number of ether oxygens (including phenoxy) is 1. The lowest BCUT2D eigenvalue weighted by atomic mass is 9.84. The van der Waals surface area contributed by atoms with Crippen LogP contribution in [-0.4, -0.2) is 48.2 Å². The van der Waals surface area contributed by atoms with Crippen LogP contribution in [0.25, 0.3) is 0 Å². The number of rotatable bonds is 2. The Kier molecular flexibility index (Phi) is 3.75. The first kappa shape index (κ1) is 14.5. The lowest BCUT2D eigenvalue weighted by Crippen LogP contribution is -2.64. The molecule has 1 aromatic rings. The molecule has 3 heterocycles. The summed E-state index contributed by atoms with van der Waals surface area (Å²) in [5.74, 6) is 0.846. The molecule has 7 heteroatoms. The minimum absolute atomic E-state index is 0.119. The number of hydrogen-bond donors (Lipinski definition) is 0. The first-order valence-corrected chi connectivity index (χ1v) is 7.64. The largest absolute Gasteiger partial charge is 0.381 e. The Bertz CT molecular complexity index is 560. The summed E-state index contributed by atoms with van der Waals surface area (Å²) < 4.78 is 5.44. The lowest BCUT2D eigenvalue weighted by molar-refractivity contribution is -0.127. The molecule has 0 bridgehead atoms. The minimum Gasteiger partial charge on any atom is -0.381 e. The first-order chi connectivity index (χ1) is 10.1. The van der Waals surface area contributed by atoms with Crippen molar-refractivity contribution in [3.8, 4) is 0 Å². The average molecular weight is 311 g/mol. The summed E-state index contributed by atoms with van der Waals surface area (Å²) in [6.07, 6.45) is 3.86. The molecule has 3 rings (SSSR count). The van der Waals surface area contributed by atoms with Gasteiger partial charge in [0.25, 0.3) is 5.91 Å². The molecule has 6 nitrogen and oxygen atoms in total. The molecule has 0 N–H and O–H groups in total. The highest BCUT2D eigenvalue weighted by Gasteiger charge is 2.51. The fraction of sp³-hybridized carbons (Fsp3) is 0.643. The highest BCUT2D eigenvalue weighted by atomic mass is 35.5. The standard InChI is InChI=1S/C14H19ClN4O2/c1-3-6-19-10-9-16-13(15)17-11(10)18(2)14(12(19)20)4-7-21-8-5-14/h9H,3-8H2,1-2H3. The predicted octanol–water partition coefficient (Wildman–Crippen LogP) is 1.87. The summed E-state index contributed by atoms with van der Waals surface area (Å²) in [5.41, 5.74) is 0.170. The molecule has 2 aliphatic heterocycles. The van der Waals surface area contributed by atoms with E-state index in [0.29, 0.717) is 32.6 Å². The number of carbonyl (C=O) groups is 1. The van der Waals surface area contributed by atoms with Crippen molar-refractivity contribution < 1.29 is 9.53 Å². The third kappa shape index (κ3) is 2.17. The molecule has 0 aliphatic carbocycles. The van der Waals surface area contributed by atoms with Crippen molar-refractivity contribution >= 4 is 29.0 Å². The Morgan fingerprint density at radius 1 is 1.43 bits per heavy atom. The van der Waals surface area contributed by atoms with Gasteiger partial charge in [0.15, 0.2) is 5.82 Å². The van der Waals surface area contributed by atoms with E-state index in [1.165, 1.54) is 0 Å². The van der Waals surface area contributed by atoms with Crippen LogP contribution in [0.3, 0.4) is 0 Å². The first-order valence-electron chi connectivity index (χ1n) is 7.26. The number of amides is 1. The van der Waals surface area contributed by atoms with Crippen molar-refractivity contribution in [2.45, 2.75) is 31.7 Å². The second-order valence-corrected chi connectivity index (χ2v) is 5.85. The fourth-order valence-electron chi connectivity index (χ4n) is 3.19. The van der Waals surface area contributed by atoms with Crippen LogP contribution in [-0.2, 0) is 9.53 Å². The Labute approximate surface area is 129 Å². The Balaban J connectivity index is 2.12. The molecule has 21 heavy (non-hydrogen) atoms. The Hall–Kier alpha value is -1.40. The average Bonchev–Trinajstić information content (AvgIpc) is 2.51. The molecule has 0 radical (unpaired) electrons. The third-order valence-electron chi connectivity index (χ3n) is 4.38. The Morgan fingerprint density at radius 2 is 2.14 bits per heavy atom. The van der Waals surface area contributed by atoms with Gasteiger partial charge < -0.3 is 14.5 Å². The van der Waals surface area contributed by atoms with E-state index in [-0.39, 0.29) is 11.2 Å². The van der Waals surface area contributed by atoms with Gasteiger partial charge in [-0.2, -0.15) is 4.98 Å². The van der Waals surface area contributed by atoms with E-state index in [0.717, 1.165) is 17.9 Å². The maximum Gasteiger partial charge on any atom is 0.253 e. The van der Waals surface area contributed by atoms with Crippen molar-refractivity contribution in [2.24, 2.45) is 0 Å². The third-order valence-corrected chi connectivity index (χ3v) is 4.56. The van der Waals surface area contributed by atoms with Gasteiger partial charge in [-0.1, -0.05) is 6.92 Å². The number of aromatic nitrogens is 2. The highest BCUT2D eigenvalue weighted by Crippen LogP contribution is 2.42. The van der Waals surface area contributed by atoms with Gasteiger partial charge in [-0.15, -0.1) is 0 Å². The van der Waals surface area contributed by atoms with Crippen LogP contribution in [0, 0.1) is 0 Å². The smallest absolute Gasteiger partial charge is 0.253 e. The van der Waals surface area contributed by atoms with E-state index in [2.05, 4.69) is 16.9 Å². The van der Waals surface area contributed by atoms with Crippen LogP contribution in [0.2, 0.25) is 5.28 Å². The molecule has 2 aliphatic rings. The summed E-state index contributed by atoms with van der Waals surface area (Å²) in [7, 11) is 1.91. The van der Waals surface area contributed by atoms with Crippen molar-refractivity contribution in [1.29, 1.82) is 0 Å². The quantitative estimate of drug-likeness (QED) is 0.781. The van der Waals surface area contributed by atoms with E-state index in [4.69, 9.17) is 16.3 Å². The molecule has 1 saturated heterocycles. The number of carbonyl (C=O) groups excluding carboxylic acids is 1. The number of likely N-dealkylation sites (N-methyl/N-ethyl adjacent to an activating group) is 1. The van der Waals surface area contributed by atoms with Gasteiger partial charge in [0.2, 0.25) is 5.28 Å². The van der Waals surface area contributed by atoms with Crippen LogP contribution >= 0.6 is 11.6 Å². The lowest BCUT2D eigenvalue weighted by Gasteiger charge is -2.50. The molecule has 0 unspecified atom stereocenters. The molecule has 114 valence electrons. The maximum absolute atomic E-state index is 13.1. The summed E-state index contributed by atoms with van der Waals surface area (Å²) in [4.78, 5) is 25.3. The zero-order chi connectivity index (χ0) is 15.0. The van der Waals surface area contributed by atoms with Crippen molar-refractivity contribution in [2.75, 3.05) is 36.6 Å². The molecule has 1 fully saturated rings. The second kappa shape index (κ2) is 5.42. The van der Waals surface area contributed by atoms with Crippen LogP contribution in [0.15, 0.2) is 6.20 Å². The van der Waals surface area contributed by atoms with Gasteiger partial charge in [0.1, 0.15) is 11.2 Å². The molecular weight excluding hydrogens is 292 g/mol. The van der Waals surface area contributed by atoms with E-state index in [9.17, 15) is 4.79 Å². The van der Waals surface area contributed by atoms with Gasteiger partial charge in [-0.25, -0.2) is 4.98 Å². The van der Waals surface area contributed by atoms with E-state index in [1.54, 1.807) is 11.1 Å². The number of nitrogens with zero attached hydrogens (tertiary/aromatic N) is 4. The fourth-order valence-corrected chi connectivity index (χ4v) is 3.32. The van der Waals surface area contributed by atoms with Gasteiger partial charge >= 0.3 is 0 Å². The van der Waals surface area contributed by atoms with E-state index in [1.807, 2.05) is 11.9 Å². The maximum atomic E-state index is 13.1. The zero-order valence-electron chi connectivity index (χ0n) is 12.3. The monoisotopic (exact) mass is 310 g/mol. The van der Waals surface area contributed by atoms with Crippen molar-refractivity contribution in [3.63, 3.8) is 0 Å². The van der Waals surface area contributed by atoms with Crippen molar-refractivity contribution in [1.82, 2.24) is 9.97 Å². The highest BCUT2D eigenvalue weighted by molar-refractivity contribution is 6.28. The molecule has 0 aromatic carbocycles. The number of halogens is 1. The van der Waals surface area contributed by atoms with Gasteiger partial charge in [-0.3, -0.25) is 4.79 Å². The van der Waals surface area contributed by atoms with Gasteiger partial charge in [0, 0.05) is 39.6 Å². The van der Waals surface area contributed by atoms with Gasteiger partial charge in [-0.05, 0) is 18.0 Å². The predicted molar refractivity (Wildman–Crippen MR) is 80.9 cm³/mol. The number of fused-ring (bicyclic) bond motifs is 1. The second-order valence-electron chi connectivity index (χ2n) is 5.51. The molecule has 0 atom stereocenters. The summed E-state index contributed by atoms with van der Waals surface area (Å²) in [6.45, 7) is 3.89. The topological polar surface area (TPSA) is 58.6 Å². The molecule has 1 spiro atoms. The van der Waals surface area contributed by atoms with Gasteiger partial charge in [0.05, 0.1) is 6.20 Å². The summed E-state index contributed by atoms with van der Waals surface area (Å²) >= 11 is 5.95. The molecular formula is C14H19ClN4O2. The minimum atomic E-state index is -0.571. The van der Waals surface area contributed by atoms with Crippen LogP contribution in [0.1, 0.15) is 26.2 Å². The summed E-state index contributed by atoms with van der Waals surface area (Å²) in [5, 5.41) is 0.202. The number of hydrogen-bond acceptors (Lipinski definition) is 5. The SMILES string of the molecule is CCCN1C(=O)C2(CCOCC2)N(C)c2nc(Cl)ncc21. The number of anilines is 2. The molecule has 0 saturated carbocycles. The van der Waals surface area contributed by atoms with Crippen molar-refractivity contribution in [3.05, 3.63) is 11.5 Å². The van der Waals surface area contributed by atoms with Crippen LogP contribution in [0.5, 0.6) is 0 Å². The molecule has 1 amide bonds. The van der Waals surface area contributed by atoms with E-state index >= 15 is 0 Å².